The van der Waals surface area contributed by atoms with E-state index >= 15 is 0 Å². The molecule has 5 heterocycles. The van der Waals surface area contributed by atoms with Crippen molar-refractivity contribution in [3.63, 3.8) is 0 Å². The summed E-state index contributed by atoms with van der Waals surface area (Å²) in [5, 5.41) is 51.7. The van der Waals surface area contributed by atoms with E-state index in [1.54, 1.807) is 24.3 Å². The van der Waals surface area contributed by atoms with Gasteiger partial charge in [0.15, 0.2) is 17.2 Å². The summed E-state index contributed by atoms with van der Waals surface area (Å²) >= 11 is 0. The Kier molecular flexibility index (Phi) is 12.3. The minimum absolute atomic E-state index is 0.227. The number of fused-ring (bicyclic) bond motifs is 2. The molecular formula is C41H48N8O7. The Hall–Kier alpha value is -5.44. The van der Waals surface area contributed by atoms with Crippen molar-refractivity contribution in [1.29, 1.82) is 0 Å². The first-order valence-corrected chi connectivity index (χ1v) is 18.3. The quantitative estimate of drug-likeness (QED) is 0.0932. The largest absolute Gasteiger partial charge is 0.394 e. The number of benzene rings is 2. The fourth-order valence-electron chi connectivity index (χ4n) is 7.15. The van der Waals surface area contributed by atoms with Crippen LogP contribution < -0.4 is 11.5 Å². The number of ether oxygens (including phenoxy) is 3. The molecule has 56 heavy (non-hydrogen) atoms. The minimum Gasteiger partial charge on any atom is -0.394 e. The maximum absolute atomic E-state index is 11.6. The number of rotatable bonds is 13. The van der Waals surface area contributed by atoms with E-state index in [2.05, 4.69) is 26.1 Å². The topological polar surface area (TPSA) is 221 Å². The molecule has 0 amide bonds. The molecule has 0 spiro atoms. The average molecular weight is 765 g/mol. The third-order valence-electron chi connectivity index (χ3n) is 10.4. The number of aliphatic hydroxyl groups excluding tert-OH is 2. The monoisotopic (exact) mass is 764 g/mol. The molecule has 0 bridgehead atoms. The molecule has 1 fully saturated rings. The first-order chi connectivity index (χ1) is 27.0. The second-order valence-electron chi connectivity index (χ2n) is 13.9. The van der Waals surface area contributed by atoms with Crippen molar-refractivity contribution < 1.29 is 34.6 Å². The average Bonchev–Trinajstić information content (AvgIpc) is 3.93. The first kappa shape index (κ1) is 40.2. The van der Waals surface area contributed by atoms with Gasteiger partial charge in [-0.25, -0.2) is 19.0 Å². The molecule has 7 rings (SSSR count). The highest BCUT2D eigenvalue weighted by Crippen LogP contribution is 2.43. The molecule has 6 aromatic rings. The van der Waals surface area contributed by atoms with E-state index in [0.717, 1.165) is 11.1 Å². The van der Waals surface area contributed by atoms with E-state index in [4.69, 9.17) is 32.1 Å². The molecule has 15 heteroatoms. The number of anilines is 2. The third kappa shape index (κ3) is 7.81. The zero-order chi connectivity index (χ0) is 40.0. The maximum atomic E-state index is 11.6. The van der Waals surface area contributed by atoms with Crippen LogP contribution in [-0.4, -0.2) is 80.6 Å². The van der Waals surface area contributed by atoms with Gasteiger partial charge in [0.25, 0.3) is 0 Å². The maximum Gasteiger partial charge on any atom is 0.237 e. The summed E-state index contributed by atoms with van der Waals surface area (Å²) < 4.78 is 21.0. The highest BCUT2D eigenvalue weighted by molar-refractivity contribution is 5.66. The molecule has 1 aliphatic rings. The van der Waals surface area contributed by atoms with Crippen LogP contribution in [0.25, 0.3) is 11.0 Å². The summed E-state index contributed by atoms with van der Waals surface area (Å²) in [6.45, 7) is 5.87. The number of nitrogens with two attached hydrogens (primary N) is 2. The molecule has 8 N–H and O–H groups in total. The Morgan fingerprint density at radius 1 is 0.911 bits per heavy atom. The van der Waals surface area contributed by atoms with Crippen LogP contribution in [0.1, 0.15) is 49.7 Å². The molecule has 1 aliphatic heterocycles. The molecule has 294 valence electrons. The number of hydrogen-bond acceptors (Lipinski definition) is 13. The zero-order valence-electron chi connectivity index (χ0n) is 31.5. The Morgan fingerprint density at radius 2 is 1.48 bits per heavy atom. The Morgan fingerprint density at radius 3 is 2.07 bits per heavy atom. The van der Waals surface area contributed by atoms with Gasteiger partial charge in [0, 0.05) is 11.8 Å². The van der Waals surface area contributed by atoms with Crippen LogP contribution in [0.3, 0.4) is 0 Å². The third-order valence-corrected chi connectivity index (χ3v) is 10.4. The summed E-state index contributed by atoms with van der Waals surface area (Å²) in [6.07, 6.45) is 6.07. The number of aliphatic hydroxyl groups is 4. The first-order valence-electron chi connectivity index (χ1n) is 18.3. The van der Waals surface area contributed by atoms with Crippen LogP contribution in [0.15, 0.2) is 97.6 Å². The van der Waals surface area contributed by atoms with Crippen LogP contribution in [0.2, 0.25) is 0 Å². The van der Waals surface area contributed by atoms with E-state index in [1.807, 2.05) is 81.4 Å². The van der Waals surface area contributed by atoms with Crippen molar-refractivity contribution in [3.05, 3.63) is 120 Å². The summed E-state index contributed by atoms with van der Waals surface area (Å²) in [5.74, 6) is 0.581. The van der Waals surface area contributed by atoms with Crippen molar-refractivity contribution in [2.75, 3.05) is 18.1 Å². The molecular weight excluding hydrogens is 717 g/mol. The summed E-state index contributed by atoms with van der Waals surface area (Å²) in [4.78, 5) is 7.93. The highest BCUT2D eigenvalue weighted by Gasteiger charge is 2.56. The summed E-state index contributed by atoms with van der Waals surface area (Å²) in [6, 6.07) is 26.0. The van der Waals surface area contributed by atoms with Gasteiger partial charge in [-0.1, -0.05) is 87.4 Å². The number of terminal acetylenes is 1. The number of aromatic nitrogens is 6. The highest BCUT2D eigenvalue weighted by atomic mass is 16.7. The molecule has 0 unspecified atom stereocenters. The van der Waals surface area contributed by atoms with Gasteiger partial charge in [-0.3, -0.25) is 0 Å². The number of nitrogens with zero attached hydrogens (tertiary/aromatic N) is 6. The van der Waals surface area contributed by atoms with Crippen molar-refractivity contribution in [2.24, 2.45) is 11.8 Å². The van der Waals surface area contributed by atoms with Gasteiger partial charge in [0.2, 0.25) is 5.79 Å². The standard InChI is InChI=1S/C22H26N4O3.C19H22N4O4/c1-4-18(27)15(3)20(29-13-16-9-7-6-8-10-16)22(28,5-2)19-12-11-17-21(23)24-14-25-26(17)19;1-12-15(9-24)27-19(25,17(12)26-10-13-5-3-2-4-6-13)16-8-7-14-18(20)21-11-22-23(14)16/h2,6-12,14-15,18,20,27-28H,4,13H2,1,3H3,(H2,23,24,25);2-8,11-12,15,17,24-25H,9-10H2,1H3,(H2,20,21,22)/t15-,18-,20-,22+;12-,15-,17-,19+/m11/s1. The molecule has 1 saturated heterocycles. The van der Waals surface area contributed by atoms with E-state index in [1.165, 1.54) is 21.7 Å². The van der Waals surface area contributed by atoms with Crippen LogP contribution in [0, 0.1) is 24.2 Å². The van der Waals surface area contributed by atoms with E-state index < -0.39 is 41.7 Å². The van der Waals surface area contributed by atoms with Crippen LogP contribution in [0.4, 0.5) is 11.6 Å². The van der Waals surface area contributed by atoms with Crippen molar-refractivity contribution >= 4 is 22.7 Å². The minimum atomic E-state index is -1.85. The second-order valence-corrected chi connectivity index (χ2v) is 13.9. The predicted octanol–water partition coefficient (Wildman–Crippen LogP) is 3.19. The van der Waals surface area contributed by atoms with E-state index in [-0.39, 0.29) is 24.9 Å². The fourth-order valence-corrected chi connectivity index (χ4v) is 7.15. The normalized spacial score (nSPS) is 22.1. The Bertz CT molecular complexity index is 2250. The molecule has 0 radical (unpaired) electrons. The van der Waals surface area contributed by atoms with Crippen molar-refractivity contribution in [3.8, 4) is 12.3 Å². The van der Waals surface area contributed by atoms with Gasteiger partial charge in [-0.15, -0.1) is 6.42 Å². The van der Waals surface area contributed by atoms with Gasteiger partial charge in [-0.05, 0) is 41.8 Å². The lowest BCUT2D eigenvalue weighted by molar-refractivity contribution is -0.253. The predicted molar refractivity (Wildman–Crippen MR) is 208 cm³/mol. The van der Waals surface area contributed by atoms with Crippen molar-refractivity contribution in [1.82, 2.24) is 29.2 Å². The second kappa shape index (κ2) is 17.1. The van der Waals surface area contributed by atoms with Gasteiger partial charge in [-0.2, -0.15) is 10.2 Å². The Labute approximate surface area is 324 Å². The summed E-state index contributed by atoms with van der Waals surface area (Å²) in [5.41, 5.74) is 13.7. The number of hydrogen-bond donors (Lipinski definition) is 6. The van der Waals surface area contributed by atoms with Gasteiger partial charge >= 0.3 is 0 Å². The van der Waals surface area contributed by atoms with Crippen molar-refractivity contribution in [2.45, 2.75) is 76.2 Å². The van der Waals surface area contributed by atoms with Gasteiger partial charge in [0.05, 0.1) is 37.7 Å². The zero-order valence-corrected chi connectivity index (χ0v) is 31.5. The van der Waals surface area contributed by atoms with Crippen LogP contribution >= 0.6 is 0 Å². The van der Waals surface area contributed by atoms with Gasteiger partial charge in [0.1, 0.15) is 41.6 Å². The Balaban J connectivity index is 0.000000190. The SMILES string of the molecule is C#C[C@](O)(c1ccc2c(N)ncnn12)[C@H](OCc1ccccc1)[C@H](C)[C@H](O)CC.C[C@H]1[C@@H](OCc2ccccc2)[C@](O)(c2ccc3c(N)ncnn23)O[C@@H]1CO. The van der Waals surface area contributed by atoms with Crippen LogP contribution in [0.5, 0.6) is 0 Å². The molecule has 0 aliphatic carbocycles. The van der Waals surface area contributed by atoms with Crippen LogP contribution in [-0.2, 0) is 38.8 Å². The smallest absolute Gasteiger partial charge is 0.237 e. The van der Waals surface area contributed by atoms with Gasteiger partial charge < -0.3 is 46.1 Å². The fraction of sp³-hybridized carbons (Fsp3) is 0.366. The molecule has 0 saturated carbocycles. The van der Waals surface area contributed by atoms with E-state index in [9.17, 15) is 20.4 Å². The lowest BCUT2D eigenvalue weighted by Crippen LogP contribution is -2.48. The van der Waals surface area contributed by atoms with E-state index in [0.29, 0.717) is 41.3 Å². The summed E-state index contributed by atoms with van der Waals surface area (Å²) in [7, 11) is 0. The molecule has 15 nitrogen and oxygen atoms in total. The molecule has 4 aromatic heterocycles. The number of nitrogen functional groups attached to an aromatic ring is 2. The lowest BCUT2D eigenvalue weighted by Gasteiger charge is -2.37. The molecule has 2 aromatic carbocycles. The lowest BCUT2D eigenvalue weighted by atomic mass is 9.82. The molecule has 8 atom stereocenters.